The number of hydrogen-bond acceptors (Lipinski definition) is 3. The van der Waals surface area contributed by atoms with E-state index in [-0.39, 0.29) is 0 Å². The number of benzene rings is 1. The third-order valence-corrected chi connectivity index (χ3v) is 2.55. The molecule has 0 aromatic heterocycles. The quantitative estimate of drug-likeness (QED) is 0.268. The first kappa shape index (κ1) is 14.5. The Morgan fingerprint density at radius 2 is 2.28 bits per heavy atom. The number of nitrogens with one attached hydrogen (secondary N) is 1. The monoisotopic (exact) mass is 250 g/mol. The van der Waals surface area contributed by atoms with Gasteiger partial charge < -0.3 is 9.64 Å². The van der Waals surface area contributed by atoms with Gasteiger partial charge in [-0.3, -0.25) is 5.43 Å². The highest BCUT2D eigenvalue weighted by molar-refractivity contribution is 5.79. The van der Waals surface area contributed by atoms with Crippen molar-refractivity contribution < 1.29 is 4.74 Å². The highest BCUT2D eigenvalue weighted by Crippen LogP contribution is 2.06. The normalized spacial score (nSPS) is 11.4. The van der Waals surface area contributed by atoms with Crippen LogP contribution in [0.15, 0.2) is 29.3 Å². The lowest BCUT2D eigenvalue weighted by Gasteiger charge is -2.20. The summed E-state index contributed by atoms with van der Waals surface area (Å²) in [5, 5.41) is 0. The Morgan fingerprint density at radius 1 is 1.50 bits per heavy atom. The second kappa shape index (κ2) is 7.68. The third-order valence-electron chi connectivity index (χ3n) is 2.55. The fourth-order valence-electron chi connectivity index (χ4n) is 1.68. The molecule has 0 atom stereocenters. The van der Waals surface area contributed by atoms with E-state index in [4.69, 9.17) is 10.6 Å². The summed E-state index contributed by atoms with van der Waals surface area (Å²) in [6.45, 7) is 4.02. The van der Waals surface area contributed by atoms with Crippen LogP contribution >= 0.6 is 0 Å². The molecule has 0 aliphatic heterocycles. The van der Waals surface area contributed by atoms with Crippen molar-refractivity contribution >= 4 is 5.96 Å². The maximum Gasteiger partial charge on any atom is 0.208 e. The summed E-state index contributed by atoms with van der Waals surface area (Å²) >= 11 is 0. The average molecular weight is 250 g/mol. The van der Waals surface area contributed by atoms with Crippen molar-refractivity contribution in [3.05, 3.63) is 35.4 Å². The van der Waals surface area contributed by atoms with Crippen LogP contribution in [0.25, 0.3) is 0 Å². The van der Waals surface area contributed by atoms with Crippen LogP contribution in [0.3, 0.4) is 0 Å². The van der Waals surface area contributed by atoms with E-state index >= 15 is 0 Å². The molecular formula is C13H22N4O. The number of ether oxygens (including phenoxy) is 1. The molecule has 0 heterocycles. The molecule has 0 aliphatic carbocycles. The summed E-state index contributed by atoms with van der Waals surface area (Å²) in [5.41, 5.74) is 5.09. The van der Waals surface area contributed by atoms with Gasteiger partial charge in [0.05, 0.1) is 13.2 Å². The molecule has 1 rings (SSSR count). The van der Waals surface area contributed by atoms with Gasteiger partial charge in [-0.25, -0.2) is 10.8 Å². The molecule has 0 unspecified atom stereocenters. The zero-order valence-electron chi connectivity index (χ0n) is 11.3. The van der Waals surface area contributed by atoms with Crippen LogP contribution in [0.4, 0.5) is 0 Å². The van der Waals surface area contributed by atoms with Crippen molar-refractivity contribution in [2.24, 2.45) is 10.8 Å². The van der Waals surface area contributed by atoms with E-state index in [0.717, 1.165) is 6.54 Å². The summed E-state index contributed by atoms with van der Waals surface area (Å²) in [6, 6.07) is 8.38. The third kappa shape index (κ3) is 4.73. The number of nitrogens with two attached hydrogens (primary N) is 1. The lowest BCUT2D eigenvalue weighted by Crippen LogP contribution is -2.42. The van der Waals surface area contributed by atoms with E-state index in [0.29, 0.717) is 19.1 Å². The first-order valence-corrected chi connectivity index (χ1v) is 5.94. The van der Waals surface area contributed by atoms with E-state index in [9.17, 15) is 0 Å². The average Bonchev–Trinajstić information content (AvgIpc) is 2.34. The zero-order valence-corrected chi connectivity index (χ0v) is 11.3. The Morgan fingerprint density at radius 3 is 2.89 bits per heavy atom. The molecule has 5 nitrogen and oxygen atoms in total. The summed E-state index contributed by atoms with van der Waals surface area (Å²) < 4.78 is 4.96. The Kier molecular flexibility index (Phi) is 6.18. The molecule has 0 aliphatic rings. The van der Waals surface area contributed by atoms with Crippen LogP contribution in [0.5, 0.6) is 0 Å². The molecule has 0 saturated carbocycles. The van der Waals surface area contributed by atoms with Gasteiger partial charge in [-0.15, -0.1) is 0 Å². The van der Waals surface area contributed by atoms with Crippen LogP contribution in [0.1, 0.15) is 11.1 Å². The molecule has 100 valence electrons. The Balaban J connectivity index is 2.61. The Labute approximate surface area is 109 Å². The molecular weight excluding hydrogens is 228 g/mol. The highest BCUT2D eigenvalue weighted by Gasteiger charge is 2.05. The molecule has 18 heavy (non-hydrogen) atoms. The minimum atomic E-state index is 0.587. The van der Waals surface area contributed by atoms with E-state index < -0.39 is 0 Å². The van der Waals surface area contributed by atoms with Gasteiger partial charge in [0.2, 0.25) is 5.96 Å². The van der Waals surface area contributed by atoms with Crippen LogP contribution in [-0.4, -0.2) is 38.2 Å². The van der Waals surface area contributed by atoms with Gasteiger partial charge in [0, 0.05) is 20.7 Å². The number of hydrogen-bond donors (Lipinski definition) is 2. The summed E-state index contributed by atoms with van der Waals surface area (Å²) in [6.07, 6.45) is 0. The first-order valence-electron chi connectivity index (χ1n) is 5.94. The van der Waals surface area contributed by atoms with Crippen LogP contribution in [0.2, 0.25) is 0 Å². The molecule has 0 spiro atoms. The maximum atomic E-state index is 5.48. The van der Waals surface area contributed by atoms with Gasteiger partial charge in [0.15, 0.2) is 0 Å². The highest BCUT2D eigenvalue weighted by atomic mass is 16.5. The molecule has 0 saturated heterocycles. The first-order chi connectivity index (χ1) is 8.67. The van der Waals surface area contributed by atoms with Crippen LogP contribution < -0.4 is 11.3 Å². The molecule has 5 heteroatoms. The fraction of sp³-hybridized carbons (Fsp3) is 0.462. The van der Waals surface area contributed by atoms with Crippen molar-refractivity contribution in [3.63, 3.8) is 0 Å². The van der Waals surface area contributed by atoms with Gasteiger partial charge in [0.25, 0.3) is 0 Å². The fourth-order valence-corrected chi connectivity index (χ4v) is 1.68. The summed E-state index contributed by atoms with van der Waals surface area (Å²) in [4.78, 5) is 6.31. The smallest absolute Gasteiger partial charge is 0.208 e. The van der Waals surface area contributed by atoms with Gasteiger partial charge in [0.1, 0.15) is 0 Å². The second-order valence-corrected chi connectivity index (χ2v) is 4.19. The summed E-state index contributed by atoms with van der Waals surface area (Å²) in [7, 11) is 3.61. The molecule has 3 N–H and O–H groups in total. The second-order valence-electron chi connectivity index (χ2n) is 4.19. The largest absolute Gasteiger partial charge is 0.383 e. The van der Waals surface area contributed by atoms with E-state index in [1.807, 2.05) is 11.9 Å². The van der Waals surface area contributed by atoms with Crippen molar-refractivity contribution in [2.45, 2.75) is 13.5 Å². The van der Waals surface area contributed by atoms with Crippen LogP contribution in [-0.2, 0) is 11.3 Å². The summed E-state index contributed by atoms with van der Waals surface area (Å²) in [5.74, 6) is 6.14. The SMILES string of the molecule is COCCN=C(NN)N(C)Cc1cccc(C)c1. The molecule has 1 aromatic carbocycles. The van der Waals surface area contributed by atoms with Gasteiger partial charge >= 0.3 is 0 Å². The number of methoxy groups -OCH3 is 1. The maximum absolute atomic E-state index is 5.48. The Bertz CT molecular complexity index is 392. The zero-order chi connectivity index (χ0) is 13.4. The van der Waals surface area contributed by atoms with Gasteiger partial charge in [-0.1, -0.05) is 29.8 Å². The number of nitrogens with zero attached hydrogens (tertiary/aromatic N) is 2. The number of aryl methyl sites for hydroxylation is 1. The standard InChI is InChI=1S/C13H22N4O/c1-11-5-4-6-12(9-11)10-17(2)13(16-14)15-7-8-18-3/h4-6,9H,7-8,10,14H2,1-3H3,(H,15,16). The number of guanidine groups is 1. The van der Waals surface area contributed by atoms with Crippen molar-refractivity contribution in [3.8, 4) is 0 Å². The van der Waals surface area contributed by atoms with E-state index in [1.54, 1.807) is 7.11 Å². The molecule has 0 fully saturated rings. The minimum Gasteiger partial charge on any atom is -0.383 e. The lowest BCUT2D eigenvalue weighted by atomic mass is 10.1. The van der Waals surface area contributed by atoms with Gasteiger partial charge in [-0.05, 0) is 12.5 Å². The van der Waals surface area contributed by atoms with Gasteiger partial charge in [-0.2, -0.15) is 0 Å². The van der Waals surface area contributed by atoms with Crippen molar-refractivity contribution in [2.75, 3.05) is 27.3 Å². The molecule has 0 amide bonds. The Hall–Kier alpha value is -1.59. The van der Waals surface area contributed by atoms with Crippen LogP contribution in [0, 0.1) is 6.92 Å². The number of hydrazine groups is 1. The predicted molar refractivity (Wildman–Crippen MR) is 74.1 cm³/mol. The van der Waals surface area contributed by atoms with Crippen molar-refractivity contribution in [1.82, 2.24) is 10.3 Å². The number of aliphatic imine (C=N–C) groups is 1. The predicted octanol–water partition coefficient (Wildman–Crippen LogP) is 0.893. The molecule has 0 radical (unpaired) electrons. The molecule has 0 bridgehead atoms. The topological polar surface area (TPSA) is 62.9 Å². The number of rotatable bonds is 5. The van der Waals surface area contributed by atoms with E-state index in [2.05, 4.69) is 41.6 Å². The van der Waals surface area contributed by atoms with E-state index in [1.165, 1.54) is 11.1 Å². The van der Waals surface area contributed by atoms with Crippen molar-refractivity contribution in [1.29, 1.82) is 0 Å². The lowest BCUT2D eigenvalue weighted by molar-refractivity contribution is 0.207. The minimum absolute atomic E-state index is 0.587. The molecule has 1 aromatic rings.